The lowest BCUT2D eigenvalue weighted by molar-refractivity contribution is 0.102. The number of nitrogens with zero attached hydrogens (tertiary/aromatic N) is 5. The Hall–Kier alpha value is -3.07. The van der Waals surface area contributed by atoms with Gasteiger partial charge in [0.05, 0.1) is 17.3 Å². The number of azo groups is 1. The van der Waals surface area contributed by atoms with Crippen LogP contribution in [-0.4, -0.2) is 28.4 Å². The van der Waals surface area contributed by atoms with E-state index in [9.17, 15) is 4.79 Å². The fourth-order valence-corrected chi connectivity index (χ4v) is 2.80. The third kappa shape index (κ3) is 3.47. The molecule has 8 nitrogen and oxygen atoms in total. The van der Waals surface area contributed by atoms with Gasteiger partial charge in [0.1, 0.15) is 0 Å². The molecule has 0 fully saturated rings. The zero-order valence-electron chi connectivity index (χ0n) is 14.1. The van der Waals surface area contributed by atoms with Gasteiger partial charge in [-0.3, -0.25) is 4.79 Å². The van der Waals surface area contributed by atoms with Crippen LogP contribution in [0.5, 0.6) is 0 Å². The molecule has 0 aliphatic heterocycles. The Kier molecular flexibility index (Phi) is 5.08. The predicted octanol–water partition coefficient (Wildman–Crippen LogP) is 3.36. The Morgan fingerprint density at radius 3 is 2.85 bits per heavy atom. The quantitative estimate of drug-likeness (QED) is 0.225. The molecule has 26 heavy (non-hydrogen) atoms. The number of fused-ring (bicyclic) bond motifs is 1. The van der Waals surface area contributed by atoms with Crippen molar-refractivity contribution in [3.63, 3.8) is 0 Å². The minimum absolute atomic E-state index is 0.262. The summed E-state index contributed by atoms with van der Waals surface area (Å²) in [6.07, 6.45) is 3.32. The molecular weight excluding hydrogens is 398 g/mol. The molecule has 0 saturated heterocycles. The van der Waals surface area contributed by atoms with Crippen molar-refractivity contribution in [2.75, 3.05) is 12.4 Å². The number of anilines is 1. The number of hydrazone groups is 1. The van der Waals surface area contributed by atoms with Crippen molar-refractivity contribution in [3.05, 3.63) is 63.9 Å². The SMILES string of the molecule is CN=N/C(=N\N)c1ccc(C)c(NC(=O)c2cnn3ccc(Br)cc23)c1. The number of pyridine rings is 1. The second-order valence-electron chi connectivity index (χ2n) is 5.47. The van der Waals surface area contributed by atoms with Crippen molar-refractivity contribution in [1.82, 2.24) is 9.61 Å². The van der Waals surface area contributed by atoms with Crippen molar-refractivity contribution in [3.8, 4) is 0 Å². The molecule has 2 heterocycles. The van der Waals surface area contributed by atoms with Gasteiger partial charge in [0.15, 0.2) is 5.84 Å². The molecule has 0 spiro atoms. The molecule has 0 radical (unpaired) electrons. The van der Waals surface area contributed by atoms with E-state index in [1.807, 2.05) is 31.2 Å². The summed E-state index contributed by atoms with van der Waals surface area (Å²) in [6, 6.07) is 9.12. The molecule has 0 unspecified atom stereocenters. The van der Waals surface area contributed by atoms with Crippen LogP contribution in [0.1, 0.15) is 21.5 Å². The van der Waals surface area contributed by atoms with Gasteiger partial charge in [-0.15, -0.1) is 5.11 Å². The summed E-state index contributed by atoms with van der Waals surface area (Å²) in [5.74, 6) is 5.38. The Bertz CT molecular complexity index is 1040. The number of amides is 1. The number of hydrogen-bond donors (Lipinski definition) is 2. The topological polar surface area (TPSA) is 109 Å². The summed E-state index contributed by atoms with van der Waals surface area (Å²) in [4.78, 5) is 12.8. The maximum atomic E-state index is 12.8. The zero-order chi connectivity index (χ0) is 18.7. The summed E-state index contributed by atoms with van der Waals surface area (Å²) in [7, 11) is 1.53. The van der Waals surface area contributed by atoms with Crippen LogP contribution in [0.25, 0.3) is 5.52 Å². The number of amidine groups is 1. The van der Waals surface area contributed by atoms with Gasteiger partial charge in [-0.1, -0.05) is 28.1 Å². The molecule has 0 bridgehead atoms. The molecule has 3 rings (SSSR count). The number of aryl methyl sites for hydroxylation is 1. The van der Waals surface area contributed by atoms with Crippen LogP contribution in [0.4, 0.5) is 5.69 Å². The Balaban J connectivity index is 1.95. The van der Waals surface area contributed by atoms with Gasteiger partial charge in [0, 0.05) is 29.0 Å². The van der Waals surface area contributed by atoms with Crippen LogP contribution < -0.4 is 11.2 Å². The van der Waals surface area contributed by atoms with Gasteiger partial charge in [-0.05, 0) is 30.7 Å². The number of hydrogen-bond acceptors (Lipinski definition) is 5. The van der Waals surface area contributed by atoms with Crippen LogP contribution in [0.3, 0.4) is 0 Å². The van der Waals surface area contributed by atoms with Crippen molar-refractivity contribution in [1.29, 1.82) is 0 Å². The lowest BCUT2D eigenvalue weighted by Gasteiger charge is -2.10. The average molecular weight is 414 g/mol. The van der Waals surface area contributed by atoms with Gasteiger partial charge < -0.3 is 11.2 Å². The second kappa shape index (κ2) is 7.44. The largest absolute Gasteiger partial charge is 0.322 e. The Labute approximate surface area is 157 Å². The third-order valence-electron chi connectivity index (χ3n) is 3.79. The minimum atomic E-state index is -0.262. The maximum absolute atomic E-state index is 12.8. The highest BCUT2D eigenvalue weighted by atomic mass is 79.9. The van der Waals surface area contributed by atoms with E-state index in [0.29, 0.717) is 22.3 Å². The molecule has 3 aromatic rings. The summed E-state index contributed by atoms with van der Waals surface area (Å²) >= 11 is 3.41. The number of aromatic nitrogens is 2. The smallest absolute Gasteiger partial charge is 0.259 e. The lowest BCUT2D eigenvalue weighted by atomic mass is 10.1. The Morgan fingerprint density at radius 1 is 1.31 bits per heavy atom. The standard InChI is InChI=1S/C17H16BrN7O/c1-10-3-4-11(16(23-19)24-20-2)7-14(10)22-17(26)13-9-21-25-6-5-12(18)8-15(13)25/h3-9H,19H2,1-2H3,(H,22,26)/b23-16-,24-20?. The van der Waals surface area contributed by atoms with E-state index in [1.54, 1.807) is 16.8 Å². The highest BCUT2D eigenvalue weighted by Crippen LogP contribution is 2.21. The number of rotatable bonds is 3. The predicted molar refractivity (Wildman–Crippen MR) is 104 cm³/mol. The molecule has 2 aromatic heterocycles. The van der Waals surface area contributed by atoms with Crippen molar-refractivity contribution < 1.29 is 4.79 Å². The molecule has 3 N–H and O–H groups in total. The first-order valence-corrected chi connectivity index (χ1v) is 8.45. The number of carbonyl (C=O) groups is 1. The highest BCUT2D eigenvalue weighted by molar-refractivity contribution is 9.10. The number of halogens is 1. The van der Waals surface area contributed by atoms with E-state index in [0.717, 1.165) is 10.0 Å². The first-order chi connectivity index (χ1) is 12.5. The fraction of sp³-hybridized carbons (Fsp3) is 0.118. The van der Waals surface area contributed by atoms with Gasteiger partial charge in [-0.25, -0.2) is 4.52 Å². The van der Waals surface area contributed by atoms with E-state index in [-0.39, 0.29) is 11.7 Å². The van der Waals surface area contributed by atoms with Gasteiger partial charge in [-0.2, -0.15) is 15.3 Å². The number of nitrogens with one attached hydrogen (secondary N) is 1. The van der Waals surface area contributed by atoms with Crippen LogP contribution in [0.15, 0.2) is 62.5 Å². The van der Waals surface area contributed by atoms with E-state index >= 15 is 0 Å². The molecular formula is C17H16BrN7O. The first kappa shape index (κ1) is 17.7. The van der Waals surface area contributed by atoms with E-state index in [2.05, 4.69) is 41.7 Å². The summed E-state index contributed by atoms with van der Waals surface area (Å²) in [5, 5.41) is 18.3. The van der Waals surface area contributed by atoms with Gasteiger partial charge >= 0.3 is 0 Å². The van der Waals surface area contributed by atoms with Crippen molar-refractivity contribution >= 4 is 38.9 Å². The number of carbonyl (C=O) groups excluding carboxylic acids is 1. The molecule has 9 heteroatoms. The molecule has 0 aliphatic rings. The number of benzene rings is 1. The maximum Gasteiger partial charge on any atom is 0.259 e. The van der Waals surface area contributed by atoms with Crippen LogP contribution >= 0.6 is 15.9 Å². The highest BCUT2D eigenvalue weighted by Gasteiger charge is 2.15. The summed E-state index contributed by atoms with van der Waals surface area (Å²) < 4.78 is 2.51. The molecule has 0 saturated carbocycles. The third-order valence-corrected chi connectivity index (χ3v) is 4.28. The molecule has 1 aromatic carbocycles. The summed E-state index contributed by atoms with van der Waals surface area (Å²) in [6.45, 7) is 1.90. The van der Waals surface area contributed by atoms with Crippen LogP contribution in [0, 0.1) is 6.92 Å². The Morgan fingerprint density at radius 2 is 2.12 bits per heavy atom. The average Bonchev–Trinajstić information content (AvgIpc) is 3.04. The fourth-order valence-electron chi connectivity index (χ4n) is 2.47. The molecule has 132 valence electrons. The van der Waals surface area contributed by atoms with Gasteiger partial charge in [0.25, 0.3) is 5.91 Å². The first-order valence-electron chi connectivity index (χ1n) is 7.66. The van der Waals surface area contributed by atoms with Crippen molar-refractivity contribution in [2.24, 2.45) is 21.2 Å². The van der Waals surface area contributed by atoms with E-state index in [4.69, 9.17) is 5.84 Å². The van der Waals surface area contributed by atoms with Crippen molar-refractivity contribution in [2.45, 2.75) is 6.92 Å². The minimum Gasteiger partial charge on any atom is -0.322 e. The van der Waals surface area contributed by atoms with Gasteiger partial charge in [0.2, 0.25) is 0 Å². The molecule has 1 amide bonds. The van der Waals surface area contributed by atoms with E-state index in [1.165, 1.54) is 13.2 Å². The zero-order valence-corrected chi connectivity index (χ0v) is 15.7. The monoisotopic (exact) mass is 413 g/mol. The summed E-state index contributed by atoms with van der Waals surface area (Å²) in [5.41, 5.74) is 3.35. The number of nitrogens with two attached hydrogens (primary N) is 1. The van der Waals surface area contributed by atoms with Crippen LogP contribution in [0.2, 0.25) is 0 Å². The van der Waals surface area contributed by atoms with Crippen LogP contribution in [-0.2, 0) is 0 Å². The second-order valence-corrected chi connectivity index (χ2v) is 6.39. The van der Waals surface area contributed by atoms with E-state index < -0.39 is 0 Å². The normalized spacial score (nSPS) is 12.0. The lowest BCUT2D eigenvalue weighted by Crippen LogP contribution is -2.13. The molecule has 0 aliphatic carbocycles. The molecule has 0 atom stereocenters.